The highest BCUT2D eigenvalue weighted by Crippen LogP contribution is 2.59. The molecule has 0 radical (unpaired) electrons. The van der Waals surface area contributed by atoms with Crippen molar-refractivity contribution in [3.05, 3.63) is 45.1 Å². The van der Waals surface area contributed by atoms with Crippen LogP contribution in [0.2, 0.25) is 0 Å². The smallest absolute Gasteiger partial charge is 0.200 e. The SMILES string of the molecule is CC1(C)C=Cc2c(cc3oc4c(c(=O)c3c2O)C[C@@H]2c3c(c(O)cc(O)c3-4)OC2(C)C)O1. The topological polar surface area (TPSA) is 109 Å². The van der Waals surface area contributed by atoms with Crippen LogP contribution in [0.15, 0.2) is 27.4 Å². The van der Waals surface area contributed by atoms with E-state index in [0.717, 1.165) is 0 Å². The van der Waals surface area contributed by atoms with Gasteiger partial charge in [0.15, 0.2) is 16.9 Å². The highest BCUT2D eigenvalue weighted by atomic mass is 16.5. The minimum atomic E-state index is -0.707. The zero-order valence-electron chi connectivity index (χ0n) is 18.1. The van der Waals surface area contributed by atoms with Gasteiger partial charge < -0.3 is 29.2 Å². The van der Waals surface area contributed by atoms with E-state index in [9.17, 15) is 20.1 Å². The van der Waals surface area contributed by atoms with E-state index >= 15 is 0 Å². The van der Waals surface area contributed by atoms with Gasteiger partial charge >= 0.3 is 0 Å². The minimum Gasteiger partial charge on any atom is -0.507 e. The third-order valence-electron chi connectivity index (χ3n) is 6.74. The van der Waals surface area contributed by atoms with Gasteiger partial charge in [0.1, 0.15) is 45.2 Å². The van der Waals surface area contributed by atoms with Gasteiger partial charge in [0.25, 0.3) is 0 Å². The van der Waals surface area contributed by atoms with Crippen molar-refractivity contribution in [1.29, 1.82) is 0 Å². The van der Waals surface area contributed by atoms with E-state index in [-0.39, 0.29) is 45.3 Å². The lowest BCUT2D eigenvalue weighted by molar-refractivity contribution is 0.106. The molecule has 0 saturated heterocycles. The molecule has 1 atom stereocenters. The molecule has 3 aromatic rings. The highest BCUT2D eigenvalue weighted by Gasteiger charge is 2.49. The Labute approximate surface area is 183 Å². The van der Waals surface area contributed by atoms with Gasteiger partial charge in [-0.15, -0.1) is 0 Å². The quantitative estimate of drug-likeness (QED) is 0.475. The van der Waals surface area contributed by atoms with E-state index in [0.29, 0.717) is 40.2 Å². The molecule has 7 nitrogen and oxygen atoms in total. The van der Waals surface area contributed by atoms with Gasteiger partial charge in [-0.25, -0.2) is 0 Å². The van der Waals surface area contributed by atoms with Crippen LogP contribution in [-0.4, -0.2) is 26.5 Å². The van der Waals surface area contributed by atoms with Gasteiger partial charge in [0.2, 0.25) is 0 Å². The second kappa shape index (κ2) is 5.59. The minimum absolute atomic E-state index is 0.0779. The molecule has 0 spiro atoms. The number of hydrogen-bond acceptors (Lipinski definition) is 7. The van der Waals surface area contributed by atoms with Crippen molar-refractivity contribution in [2.24, 2.45) is 0 Å². The normalized spacial score (nSPS) is 20.8. The van der Waals surface area contributed by atoms with E-state index in [1.54, 1.807) is 12.1 Å². The summed E-state index contributed by atoms with van der Waals surface area (Å²) in [5.74, 6) is 0.106. The second-order valence-corrected chi connectivity index (χ2v) is 9.78. The first kappa shape index (κ1) is 19.1. The first-order valence-electron chi connectivity index (χ1n) is 10.5. The number of phenols is 3. The number of ether oxygens (including phenoxy) is 2. The van der Waals surface area contributed by atoms with Crippen LogP contribution in [0.3, 0.4) is 0 Å². The molecule has 3 heterocycles. The lowest BCUT2D eigenvalue weighted by Gasteiger charge is -2.30. The molecule has 0 amide bonds. The van der Waals surface area contributed by atoms with E-state index in [1.807, 2.05) is 33.8 Å². The van der Waals surface area contributed by atoms with Gasteiger partial charge in [0, 0.05) is 29.2 Å². The molecule has 164 valence electrons. The Balaban J connectivity index is 1.70. The fraction of sp³-hybridized carbons (Fsp3) is 0.320. The number of hydrogen-bond donors (Lipinski definition) is 3. The van der Waals surface area contributed by atoms with Gasteiger partial charge in [-0.05, 0) is 46.3 Å². The van der Waals surface area contributed by atoms with E-state index in [4.69, 9.17) is 13.9 Å². The summed E-state index contributed by atoms with van der Waals surface area (Å²) in [6.45, 7) is 7.53. The van der Waals surface area contributed by atoms with Gasteiger partial charge in [-0.1, -0.05) is 0 Å². The maximum Gasteiger partial charge on any atom is 0.200 e. The zero-order valence-corrected chi connectivity index (χ0v) is 18.1. The van der Waals surface area contributed by atoms with Crippen LogP contribution in [0.5, 0.6) is 28.7 Å². The lowest BCUT2D eigenvalue weighted by atomic mass is 9.75. The Hall–Kier alpha value is -3.61. The summed E-state index contributed by atoms with van der Waals surface area (Å²) < 4.78 is 18.1. The Bertz CT molecular complexity index is 1460. The van der Waals surface area contributed by atoms with Crippen LogP contribution in [-0.2, 0) is 6.42 Å². The molecule has 0 saturated carbocycles. The Morgan fingerprint density at radius 1 is 1.03 bits per heavy atom. The summed E-state index contributed by atoms with van der Waals surface area (Å²) >= 11 is 0. The molecule has 1 aliphatic carbocycles. The molecule has 0 bridgehead atoms. The molecule has 7 heteroatoms. The number of phenolic OH excluding ortho intramolecular Hbond substituents is 3. The lowest BCUT2D eigenvalue weighted by Crippen LogP contribution is -2.34. The van der Waals surface area contributed by atoms with E-state index < -0.39 is 11.2 Å². The molecule has 32 heavy (non-hydrogen) atoms. The maximum absolute atomic E-state index is 13.6. The largest absolute Gasteiger partial charge is 0.507 e. The molecular formula is C25H22O7. The average Bonchev–Trinajstić information content (AvgIpc) is 2.96. The van der Waals surface area contributed by atoms with Gasteiger partial charge in [-0.3, -0.25) is 4.79 Å². The molecule has 1 aromatic heterocycles. The summed E-state index contributed by atoms with van der Waals surface area (Å²) in [5, 5.41) is 32.2. The molecule has 0 unspecified atom stereocenters. The number of fused-ring (bicyclic) bond motifs is 4. The molecule has 6 rings (SSSR count). The summed E-state index contributed by atoms with van der Waals surface area (Å²) in [7, 11) is 0. The standard InChI is InChI=1S/C25H22O7/c1-24(2)6-5-10-15(31-24)9-16-19(20(10)28)21(29)11-7-12-17-18(22(11)30-16)13(26)8-14(27)23(17)32-25(12,3)4/h5-6,8-9,12,26-28H,7H2,1-4H3/t12-/m1/s1. The van der Waals surface area contributed by atoms with Crippen molar-refractivity contribution in [2.45, 2.75) is 51.2 Å². The van der Waals surface area contributed by atoms with Crippen LogP contribution in [0.25, 0.3) is 28.4 Å². The fourth-order valence-corrected chi connectivity index (χ4v) is 5.17. The molecule has 3 aliphatic rings. The monoisotopic (exact) mass is 434 g/mol. The highest BCUT2D eigenvalue weighted by molar-refractivity contribution is 5.94. The van der Waals surface area contributed by atoms with Crippen molar-refractivity contribution in [3.8, 4) is 40.1 Å². The maximum atomic E-state index is 13.6. The van der Waals surface area contributed by atoms with Crippen molar-refractivity contribution >= 4 is 17.0 Å². The number of aromatic hydroxyl groups is 3. The van der Waals surface area contributed by atoms with Crippen molar-refractivity contribution in [1.82, 2.24) is 0 Å². The Morgan fingerprint density at radius 3 is 2.53 bits per heavy atom. The second-order valence-electron chi connectivity index (χ2n) is 9.78. The molecular weight excluding hydrogens is 412 g/mol. The van der Waals surface area contributed by atoms with Crippen molar-refractivity contribution in [2.75, 3.05) is 0 Å². The van der Waals surface area contributed by atoms with Crippen molar-refractivity contribution in [3.63, 3.8) is 0 Å². The first-order valence-corrected chi connectivity index (χ1v) is 10.5. The summed E-state index contributed by atoms with van der Waals surface area (Å²) in [6.07, 6.45) is 3.86. The molecule has 3 N–H and O–H groups in total. The zero-order chi connectivity index (χ0) is 22.7. The average molecular weight is 434 g/mol. The van der Waals surface area contributed by atoms with Crippen LogP contribution in [0.1, 0.15) is 50.3 Å². The predicted molar refractivity (Wildman–Crippen MR) is 118 cm³/mol. The summed E-state index contributed by atoms with van der Waals surface area (Å²) in [4.78, 5) is 13.6. The van der Waals surface area contributed by atoms with Crippen LogP contribution in [0.4, 0.5) is 0 Å². The number of benzene rings is 2. The number of rotatable bonds is 0. The van der Waals surface area contributed by atoms with Gasteiger partial charge in [-0.2, -0.15) is 0 Å². The predicted octanol–water partition coefficient (Wildman–Crippen LogP) is 4.57. The molecule has 2 aromatic carbocycles. The summed E-state index contributed by atoms with van der Waals surface area (Å²) in [6, 6.07) is 2.80. The van der Waals surface area contributed by atoms with Crippen LogP contribution < -0.4 is 14.9 Å². The van der Waals surface area contributed by atoms with Crippen LogP contribution in [0, 0.1) is 0 Å². The Morgan fingerprint density at radius 2 is 1.78 bits per heavy atom. The third kappa shape index (κ3) is 2.28. The van der Waals surface area contributed by atoms with Crippen LogP contribution >= 0.6 is 0 Å². The molecule has 0 fully saturated rings. The van der Waals surface area contributed by atoms with Gasteiger partial charge in [0.05, 0.1) is 11.1 Å². The fourth-order valence-electron chi connectivity index (χ4n) is 5.17. The molecule has 2 aliphatic heterocycles. The van der Waals surface area contributed by atoms with E-state index in [2.05, 4.69) is 0 Å². The summed E-state index contributed by atoms with van der Waals surface area (Å²) in [5.41, 5.74) is 0.278. The third-order valence-corrected chi connectivity index (χ3v) is 6.74. The van der Waals surface area contributed by atoms with E-state index in [1.165, 1.54) is 6.07 Å². The first-order chi connectivity index (χ1) is 15.0. The Kier molecular flexibility index (Phi) is 3.34. The van der Waals surface area contributed by atoms with Crippen molar-refractivity contribution < 1.29 is 29.2 Å².